The van der Waals surface area contributed by atoms with Crippen LogP contribution in [0.3, 0.4) is 0 Å². The first-order chi connectivity index (χ1) is 12.1. The zero-order valence-corrected chi connectivity index (χ0v) is 14.4. The van der Waals surface area contributed by atoms with Gasteiger partial charge in [0.1, 0.15) is 0 Å². The van der Waals surface area contributed by atoms with Gasteiger partial charge in [0, 0.05) is 34.7 Å². The summed E-state index contributed by atoms with van der Waals surface area (Å²) in [6.45, 7) is 0.393. The molecule has 25 heavy (non-hydrogen) atoms. The Hall–Kier alpha value is -2.70. The fraction of sp³-hybridized carbons (Fsp3) is 0.0588. The Labute approximate surface area is 154 Å². The van der Waals surface area contributed by atoms with Gasteiger partial charge in [-0.1, -0.05) is 23.2 Å². The van der Waals surface area contributed by atoms with E-state index in [0.717, 1.165) is 5.56 Å². The molecule has 0 atom stereocenters. The molecule has 8 heteroatoms. The number of aromatic nitrogens is 3. The summed E-state index contributed by atoms with van der Waals surface area (Å²) in [5.74, 6) is 0.172. The van der Waals surface area contributed by atoms with E-state index in [9.17, 15) is 4.79 Å². The summed E-state index contributed by atoms with van der Waals surface area (Å²) in [5, 5.41) is 14.7. The predicted molar refractivity (Wildman–Crippen MR) is 97.2 cm³/mol. The monoisotopic (exact) mass is 373 g/mol. The minimum absolute atomic E-state index is 0.226. The molecule has 2 heterocycles. The smallest absolute Gasteiger partial charge is 0.272 e. The number of carbonyl (C=O) groups is 1. The maximum Gasteiger partial charge on any atom is 0.272 e. The molecule has 0 aliphatic rings. The van der Waals surface area contributed by atoms with Crippen LogP contribution in [-0.4, -0.2) is 21.1 Å². The number of nitrogens with one attached hydrogen (secondary N) is 2. The predicted octanol–water partition coefficient (Wildman–Crippen LogP) is 3.85. The van der Waals surface area contributed by atoms with Crippen LogP contribution in [0.1, 0.15) is 16.1 Å². The molecular formula is C17H13Cl2N5O. The minimum Gasteiger partial charge on any atom is -0.347 e. The summed E-state index contributed by atoms with van der Waals surface area (Å²) >= 11 is 11.9. The lowest BCUT2D eigenvalue weighted by atomic mass is 10.2. The topological polar surface area (TPSA) is 79.8 Å². The highest BCUT2D eigenvalue weighted by Gasteiger charge is 2.08. The molecule has 0 saturated heterocycles. The molecule has 0 radical (unpaired) electrons. The lowest BCUT2D eigenvalue weighted by Crippen LogP contribution is -2.24. The van der Waals surface area contributed by atoms with Crippen LogP contribution >= 0.6 is 23.2 Å². The summed E-state index contributed by atoms with van der Waals surface area (Å²) < 4.78 is 0. The number of carbonyl (C=O) groups excluding carboxylic acids is 1. The first-order valence-electron chi connectivity index (χ1n) is 7.34. The van der Waals surface area contributed by atoms with E-state index in [1.54, 1.807) is 42.7 Å². The van der Waals surface area contributed by atoms with E-state index in [0.29, 0.717) is 28.1 Å². The number of anilines is 2. The van der Waals surface area contributed by atoms with Crippen molar-refractivity contribution in [2.45, 2.75) is 6.54 Å². The molecule has 2 aromatic heterocycles. The van der Waals surface area contributed by atoms with Gasteiger partial charge in [-0.3, -0.25) is 9.78 Å². The summed E-state index contributed by atoms with van der Waals surface area (Å²) in [5.41, 5.74) is 1.86. The molecule has 0 fully saturated rings. The highest BCUT2D eigenvalue weighted by Crippen LogP contribution is 2.24. The van der Waals surface area contributed by atoms with Crippen molar-refractivity contribution < 1.29 is 4.79 Å². The Morgan fingerprint density at radius 2 is 1.68 bits per heavy atom. The summed E-state index contributed by atoms with van der Waals surface area (Å²) in [7, 11) is 0. The van der Waals surface area contributed by atoms with Gasteiger partial charge in [0.05, 0.1) is 0 Å². The lowest BCUT2D eigenvalue weighted by Gasteiger charge is -2.07. The number of hydrogen-bond acceptors (Lipinski definition) is 5. The number of rotatable bonds is 5. The van der Waals surface area contributed by atoms with E-state index in [1.807, 2.05) is 12.1 Å². The Morgan fingerprint density at radius 3 is 2.32 bits per heavy atom. The van der Waals surface area contributed by atoms with E-state index < -0.39 is 0 Å². The van der Waals surface area contributed by atoms with Crippen molar-refractivity contribution in [2.24, 2.45) is 0 Å². The minimum atomic E-state index is -0.304. The number of halogens is 2. The van der Waals surface area contributed by atoms with Gasteiger partial charge >= 0.3 is 0 Å². The lowest BCUT2D eigenvalue weighted by molar-refractivity contribution is 0.0945. The second-order valence-electron chi connectivity index (χ2n) is 5.13. The number of pyridine rings is 1. The van der Waals surface area contributed by atoms with Crippen molar-refractivity contribution in [3.8, 4) is 0 Å². The highest BCUT2D eigenvalue weighted by atomic mass is 35.5. The quantitative estimate of drug-likeness (QED) is 0.709. The van der Waals surface area contributed by atoms with E-state index in [-0.39, 0.29) is 11.6 Å². The van der Waals surface area contributed by atoms with Crippen LogP contribution in [0, 0.1) is 0 Å². The number of amides is 1. The molecule has 0 aliphatic heterocycles. The van der Waals surface area contributed by atoms with Gasteiger partial charge in [0.2, 0.25) is 0 Å². The summed E-state index contributed by atoms with van der Waals surface area (Å²) in [4.78, 5) is 16.0. The first-order valence-corrected chi connectivity index (χ1v) is 8.10. The van der Waals surface area contributed by atoms with Crippen LogP contribution in [0.4, 0.5) is 11.5 Å². The summed E-state index contributed by atoms with van der Waals surface area (Å²) in [6.07, 6.45) is 3.34. The standard InChI is InChI=1S/C17H13Cl2N5O/c18-12-7-13(19)9-14(8-12)22-16-2-1-15(23-24-16)17(25)21-10-11-3-5-20-6-4-11/h1-9H,10H2,(H,21,25)(H,22,24). The first kappa shape index (κ1) is 17.1. The molecule has 6 nitrogen and oxygen atoms in total. The van der Waals surface area contributed by atoms with Crippen LogP contribution in [0.25, 0.3) is 0 Å². The maximum absolute atomic E-state index is 12.1. The molecule has 2 N–H and O–H groups in total. The second-order valence-corrected chi connectivity index (χ2v) is 6.00. The maximum atomic E-state index is 12.1. The Morgan fingerprint density at radius 1 is 0.960 bits per heavy atom. The van der Waals surface area contributed by atoms with Crippen LogP contribution in [0.15, 0.2) is 54.9 Å². The molecule has 0 unspecified atom stereocenters. The van der Waals surface area contributed by atoms with E-state index in [2.05, 4.69) is 25.8 Å². The van der Waals surface area contributed by atoms with Crippen molar-refractivity contribution >= 4 is 40.6 Å². The number of benzene rings is 1. The number of hydrogen-bond donors (Lipinski definition) is 2. The average Bonchev–Trinajstić information content (AvgIpc) is 2.60. The van der Waals surface area contributed by atoms with Crippen LogP contribution < -0.4 is 10.6 Å². The van der Waals surface area contributed by atoms with E-state index in [4.69, 9.17) is 23.2 Å². The van der Waals surface area contributed by atoms with Crippen molar-refractivity contribution in [2.75, 3.05) is 5.32 Å². The molecule has 3 aromatic rings. The molecule has 0 saturated carbocycles. The Bertz CT molecular complexity index is 852. The van der Waals surface area contributed by atoms with Crippen molar-refractivity contribution in [3.05, 3.63) is 76.2 Å². The van der Waals surface area contributed by atoms with Crippen LogP contribution in [-0.2, 0) is 6.54 Å². The van der Waals surface area contributed by atoms with Crippen LogP contribution in [0.2, 0.25) is 10.0 Å². The molecular weight excluding hydrogens is 361 g/mol. The highest BCUT2D eigenvalue weighted by molar-refractivity contribution is 6.35. The van der Waals surface area contributed by atoms with Gasteiger partial charge in [-0.2, -0.15) is 0 Å². The van der Waals surface area contributed by atoms with Gasteiger partial charge in [-0.05, 0) is 48.0 Å². The van der Waals surface area contributed by atoms with Gasteiger partial charge in [0.15, 0.2) is 11.5 Å². The number of nitrogens with zero attached hydrogens (tertiary/aromatic N) is 3. The second kappa shape index (κ2) is 7.92. The zero-order valence-electron chi connectivity index (χ0n) is 12.9. The average molecular weight is 374 g/mol. The van der Waals surface area contributed by atoms with Gasteiger partial charge in [0.25, 0.3) is 5.91 Å². The Balaban J connectivity index is 1.62. The van der Waals surface area contributed by atoms with Gasteiger partial charge in [-0.15, -0.1) is 10.2 Å². The SMILES string of the molecule is O=C(NCc1ccncc1)c1ccc(Nc2cc(Cl)cc(Cl)c2)nn1. The van der Waals surface area contributed by atoms with Crippen molar-refractivity contribution in [1.82, 2.24) is 20.5 Å². The molecule has 0 spiro atoms. The normalized spacial score (nSPS) is 10.3. The van der Waals surface area contributed by atoms with E-state index in [1.165, 1.54) is 0 Å². The summed E-state index contributed by atoms with van der Waals surface area (Å²) in [6, 6.07) is 12.0. The van der Waals surface area contributed by atoms with Crippen molar-refractivity contribution in [3.63, 3.8) is 0 Å². The Kier molecular flexibility index (Phi) is 5.42. The third kappa shape index (κ3) is 4.89. The molecule has 0 aliphatic carbocycles. The van der Waals surface area contributed by atoms with E-state index >= 15 is 0 Å². The van der Waals surface area contributed by atoms with Gasteiger partial charge < -0.3 is 10.6 Å². The molecule has 0 bridgehead atoms. The third-order valence-electron chi connectivity index (χ3n) is 3.23. The fourth-order valence-electron chi connectivity index (χ4n) is 2.07. The fourth-order valence-corrected chi connectivity index (χ4v) is 2.59. The van der Waals surface area contributed by atoms with Crippen LogP contribution in [0.5, 0.6) is 0 Å². The molecule has 1 amide bonds. The molecule has 1 aromatic carbocycles. The third-order valence-corrected chi connectivity index (χ3v) is 3.67. The zero-order chi connectivity index (χ0) is 17.6. The molecule has 3 rings (SSSR count). The van der Waals surface area contributed by atoms with Gasteiger partial charge in [-0.25, -0.2) is 0 Å². The molecule has 126 valence electrons. The van der Waals surface area contributed by atoms with Crippen molar-refractivity contribution in [1.29, 1.82) is 0 Å². The largest absolute Gasteiger partial charge is 0.347 e.